The number of phenols is 1. The van der Waals surface area contributed by atoms with E-state index in [0.717, 1.165) is 13.0 Å². The Balaban J connectivity index is 0.00000161. The van der Waals surface area contributed by atoms with E-state index in [2.05, 4.69) is 31.4 Å². The van der Waals surface area contributed by atoms with Crippen LogP contribution in [0.1, 0.15) is 37.8 Å². The zero-order valence-electron chi connectivity index (χ0n) is 13.0. The van der Waals surface area contributed by atoms with Gasteiger partial charge in [0.2, 0.25) is 0 Å². The molecule has 2 atom stereocenters. The molecule has 21 heavy (non-hydrogen) atoms. The molecule has 0 amide bonds. The standard InChI is InChI=1S/C18H25NO.ClH/c1-4-9-19-10-5-6-15-17(19)11-13-7-8-14(20)12-16(13)18(15,2)3;/h4,7-8,12,15,17,20H,1,5-6,9-11H2,2-3H3;1H. The van der Waals surface area contributed by atoms with Crippen LogP contribution in [-0.2, 0) is 11.8 Å². The highest BCUT2D eigenvalue weighted by Crippen LogP contribution is 2.47. The lowest BCUT2D eigenvalue weighted by molar-refractivity contribution is 0.0528. The summed E-state index contributed by atoms with van der Waals surface area (Å²) in [5.74, 6) is 1.07. The predicted molar refractivity (Wildman–Crippen MR) is 90.4 cm³/mol. The number of piperidine rings is 1. The third-order valence-corrected chi connectivity index (χ3v) is 5.40. The molecule has 1 fully saturated rings. The van der Waals surface area contributed by atoms with Crippen LogP contribution in [-0.4, -0.2) is 29.1 Å². The van der Waals surface area contributed by atoms with E-state index in [1.807, 2.05) is 18.2 Å². The molecule has 1 aliphatic heterocycles. The minimum absolute atomic E-state index is 0. The number of hydrogen-bond donors (Lipinski definition) is 1. The molecule has 1 saturated heterocycles. The van der Waals surface area contributed by atoms with Crippen LogP contribution in [0.25, 0.3) is 0 Å². The molecule has 0 bridgehead atoms. The second-order valence-electron chi connectivity index (χ2n) is 6.87. The molecule has 2 nitrogen and oxygen atoms in total. The summed E-state index contributed by atoms with van der Waals surface area (Å²) in [7, 11) is 0. The van der Waals surface area contributed by atoms with Gasteiger partial charge in [-0.25, -0.2) is 0 Å². The lowest BCUT2D eigenvalue weighted by Crippen LogP contribution is -2.55. The first-order chi connectivity index (χ1) is 9.54. The van der Waals surface area contributed by atoms with Crippen molar-refractivity contribution < 1.29 is 5.11 Å². The van der Waals surface area contributed by atoms with Crippen LogP contribution in [0.15, 0.2) is 30.9 Å². The van der Waals surface area contributed by atoms with Crippen molar-refractivity contribution in [1.82, 2.24) is 4.90 Å². The van der Waals surface area contributed by atoms with Gasteiger partial charge in [-0.05, 0) is 60.4 Å². The van der Waals surface area contributed by atoms with Crippen molar-refractivity contribution in [2.75, 3.05) is 13.1 Å². The van der Waals surface area contributed by atoms with Crippen molar-refractivity contribution in [1.29, 1.82) is 0 Å². The normalized spacial score (nSPS) is 27.1. The van der Waals surface area contributed by atoms with E-state index in [0.29, 0.717) is 17.7 Å². The number of hydrogen-bond acceptors (Lipinski definition) is 2. The maximum Gasteiger partial charge on any atom is 0.115 e. The molecule has 3 rings (SSSR count). The van der Waals surface area contributed by atoms with Crippen LogP contribution in [0.3, 0.4) is 0 Å². The Morgan fingerprint density at radius 3 is 2.90 bits per heavy atom. The van der Waals surface area contributed by atoms with Gasteiger partial charge in [-0.2, -0.15) is 0 Å². The summed E-state index contributed by atoms with van der Waals surface area (Å²) in [4.78, 5) is 2.60. The molecule has 1 heterocycles. The first kappa shape index (κ1) is 16.4. The molecule has 116 valence electrons. The Labute approximate surface area is 134 Å². The van der Waals surface area contributed by atoms with Gasteiger partial charge in [-0.1, -0.05) is 26.0 Å². The van der Waals surface area contributed by atoms with Crippen molar-refractivity contribution in [3.63, 3.8) is 0 Å². The molecule has 0 aromatic heterocycles. The molecule has 1 aromatic rings. The van der Waals surface area contributed by atoms with Crippen molar-refractivity contribution in [3.05, 3.63) is 42.0 Å². The van der Waals surface area contributed by atoms with Gasteiger partial charge in [0, 0.05) is 12.6 Å². The Kier molecular flexibility index (Phi) is 4.69. The molecule has 2 aliphatic rings. The third-order valence-electron chi connectivity index (χ3n) is 5.40. The first-order valence-corrected chi connectivity index (χ1v) is 7.71. The van der Waals surface area contributed by atoms with Crippen molar-refractivity contribution in [2.24, 2.45) is 5.92 Å². The molecule has 0 spiro atoms. The maximum atomic E-state index is 9.83. The van der Waals surface area contributed by atoms with Crippen molar-refractivity contribution >= 4 is 12.4 Å². The summed E-state index contributed by atoms with van der Waals surface area (Å²) in [6, 6.07) is 6.55. The summed E-state index contributed by atoms with van der Waals surface area (Å²) >= 11 is 0. The largest absolute Gasteiger partial charge is 0.508 e. The molecule has 1 aromatic carbocycles. The molecule has 0 saturated carbocycles. The Morgan fingerprint density at radius 1 is 1.43 bits per heavy atom. The minimum Gasteiger partial charge on any atom is -0.508 e. The van der Waals surface area contributed by atoms with Gasteiger partial charge in [0.15, 0.2) is 0 Å². The van der Waals surface area contributed by atoms with E-state index in [4.69, 9.17) is 0 Å². The van der Waals surface area contributed by atoms with Crippen molar-refractivity contribution in [3.8, 4) is 5.75 Å². The number of rotatable bonds is 2. The minimum atomic E-state index is 0. The highest BCUT2D eigenvalue weighted by molar-refractivity contribution is 5.85. The number of fused-ring (bicyclic) bond motifs is 2. The molecule has 3 heteroatoms. The topological polar surface area (TPSA) is 23.5 Å². The van der Waals surface area contributed by atoms with E-state index in [1.165, 1.54) is 30.5 Å². The number of likely N-dealkylation sites (tertiary alicyclic amines) is 1. The zero-order chi connectivity index (χ0) is 14.3. The van der Waals surface area contributed by atoms with Gasteiger partial charge in [0.25, 0.3) is 0 Å². The van der Waals surface area contributed by atoms with E-state index < -0.39 is 0 Å². The summed E-state index contributed by atoms with van der Waals surface area (Å²) in [5, 5.41) is 9.83. The fourth-order valence-electron chi connectivity index (χ4n) is 4.40. The van der Waals surface area contributed by atoms with Crippen LogP contribution in [0.2, 0.25) is 0 Å². The van der Waals surface area contributed by atoms with Crippen LogP contribution in [0.5, 0.6) is 5.75 Å². The molecule has 1 aliphatic carbocycles. The highest BCUT2D eigenvalue weighted by atomic mass is 35.5. The number of aromatic hydroxyl groups is 1. The molecule has 2 unspecified atom stereocenters. The van der Waals surface area contributed by atoms with Crippen LogP contribution in [0, 0.1) is 5.92 Å². The summed E-state index contributed by atoms with van der Waals surface area (Å²) in [5.41, 5.74) is 2.89. The molecule has 0 radical (unpaired) electrons. The van der Waals surface area contributed by atoms with Gasteiger partial charge in [-0.3, -0.25) is 4.90 Å². The predicted octanol–water partition coefficient (Wildman–Crippen LogP) is 3.91. The second kappa shape index (κ2) is 6.02. The number of halogens is 1. The van der Waals surface area contributed by atoms with Gasteiger partial charge < -0.3 is 5.11 Å². The Hall–Kier alpha value is -0.990. The first-order valence-electron chi connectivity index (χ1n) is 7.71. The van der Waals surface area contributed by atoms with Crippen LogP contribution >= 0.6 is 12.4 Å². The average molecular weight is 308 g/mol. The quantitative estimate of drug-likeness (QED) is 0.837. The lowest BCUT2D eigenvalue weighted by Gasteiger charge is -2.52. The third kappa shape index (κ3) is 2.72. The fourth-order valence-corrected chi connectivity index (χ4v) is 4.40. The Morgan fingerprint density at radius 2 is 2.19 bits per heavy atom. The fraction of sp³-hybridized carbons (Fsp3) is 0.556. The van der Waals surface area contributed by atoms with E-state index in [9.17, 15) is 5.11 Å². The van der Waals surface area contributed by atoms with E-state index >= 15 is 0 Å². The van der Waals surface area contributed by atoms with Crippen molar-refractivity contribution in [2.45, 2.75) is 44.6 Å². The monoisotopic (exact) mass is 307 g/mol. The number of phenolic OH excluding ortho intramolecular Hbond substituents is 1. The summed E-state index contributed by atoms with van der Waals surface area (Å²) in [6.07, 6.45) is 5.70. The van der Waals surface area contributed by atoms with Crippen LogP contribution < -0.4 is 0 Å². The smallest absolute Gasteiger partial charge is 0.115 e. The van der Waals surface area contributed by atoms with Gasteiger partial charge in [-0.15, -0.1) is 19.0 Å². The number of benzene rings is 1. The second-order valence-corrected chi connectivity index (χ2v) is 6.87. The van der Waals surface area contributed by atoms with Gasteiger partial charge in [0.05, 0.1) is 0 Å². The lowest BCUT2D eigenvalue weighted by atomic mass is 9.60. The molecular weight excluding hydrogens is 282 g/mol. The average Bonchev–Trinajstić information content (AvgIpc) is 2.41. The van der Waals surface area contributed by atoms with E-state index in [-0.39, 0.29) is 17.8 Å². The van der Waals surface area contributed by atoms with Gasteiger partial charge in [0.1, 0.15) is 5.75 Å². The summed E-state index contributed by atoms with van der Waals surface area (Å²) in [6.45, 7) is 10.8. The van der Waals surface area contributed by atoms with E-state index in [1.54, 1.807) is 0 Å². The zero-order valence-corrected chi connectivity index (χ0v) is 13.8. The molecular formula is C18H26ClNO. The highest BCUT2D eigenvalue weighted by Gasteiger charge is 2.45. The molecule has 1 N–H and O–H groups in total. The van der Waals surface area contributed by atoms with Gasteiger partial charge >= 0.3 is 0 Å². The SMILES string of the molecule is C=CCN1CCCC2C1Cc1ccc(O)cc1C2(C)C.Cl. The number of nitrogens with zero attached hydrogens (tertiary/aromatic N) is 1. The summed E-state index contributed by atoms with van der Waals surface area (Å²) < 4.78 is 0. The van der Waals surface area contributed by atoms with Crippen LogP contribution in [0.4, 0.5) is 0 Å². The maximum absolute atomic E-state index is 9.83. The Bertz CT molecular complexity index is 526.